The van der Waals surface area contributed by atoms with Gasteiger partial charge < -0.3 is 15.4 Å². The van der Waals surface area contributed by atoms with Crippen molar-refractivity contribution < 1.29 is 14.3 Å². The first kappa shape index (κ1) is 20.9. The zero-order valence-electron chi connectivity index (χ0n) is 16.6. The van der Waals surface area contributed by atoms with Crippen LogP contribution in [-0.2, 0) is 4.79 Å². The predicted molar refractivity (Wildman–Crippen MR) is 126 cm³/mol. The number of nitrogens with zero attached hydrogens (tertiary/aromatic N) is 1. The Hall–Kier alpha value is -3.36. The predicted octanol–water partition coefficient (Wildman–Crippen LogP) is 5.29. The van der Waals surface area contributed by atoms with Crippen molar-refractivity contribution in [3.05, 3.63) is 78.4 Å². The van der Waals surface area contributed by atoms with Gasteiger partial charge in [-0.2, -0.15) is 0 Å². The summed E-state index contributed by atoms with van der Waals surface area (Å²) in [6.07, 6.45) is 0. The maximum atomic E-state index is 12.4. The van der Waals surface area contributed by atoms with Crippen LogP contribution in [-0.4, -0.2) is 29.7 Å². The van der Waals surface area contributed by atoms with E-state index < -0.39 is 0 Å². The maximum absolute atomic E-state index is 12.4. The Morgan fingerprint density at radius 1 is 1.00 bits per heavy atom. The quantitative estimate of drug-likeness (QED) is 0.375. The number of aromatic nitrogens is 1. The SMILES string of the molecule is COc1cccc(C(=O)Nc2ccc(SCC(=O)Nc3nc4ccccc4s3)cc2)c1. The minimum absolute atomic E-state index is 0.112. The summed E-state index contributed by atoms with van der Waals surface area (Å²) >= 11 is 2.87. The highest BCUT2D eigenvalue weighted by Crippen LogP contribution is 2.26. The second-order valence-corrected chi connectivity index (χ2v) is 8.61. The lowest BCUT2D eigenvalue weighted by Gasteiger charge is -2.08. The molecule has 31 heavy (non-hydrogen) atoms. The van der Waals surface area contributed by atoms with E-state index in [0.29, 0.717) is 22.1 Å². The zero-order valence-corrected chi connectivity index (χ0v) is 18.3. The van der Waals surface area contributed by atoms with E-state index >= 15 is 0 Å². The molecule has 0 saturated heterocycles. The molecule has 156 valence electrons. The van der Waals surface area contributed by atoms with Gasteiger partial charge in [-0.05, 0) is 54.6 Å². The monoisotopic (exact) mass is 449 g/mol. The molecule has 0 radical (unpaired) electrons. The summed E-state index contributed by atoms with van der Waals surface area (Å²) in [7, 11) is 1.56. The van der Waals surface area contributed by atoms with Crippen molar-refractivity contribution in [3.8, 4) is 5.75 Å². The summed E-state index contributed by atoms with van der Waals surface area (Å²) < 4.78 is 6.19. The van der Waals surface area contributed by atoms with Crippen LogP contribution in [0.15, 0.2) is 77.7 Å². The van der Waals surface area contributed by atoms with Crippen LogP contribution in [0.1, 0.15) is 10.4 Å². The number of thiazole rings is 1. The molecule has 0 saturated carbocycles. The lowest BCUT2D eigenvalue weighted by atomic mass is 10.2. The number of methoxy groups -OCH3 is 1. The van der Waals surface area contributed by atoms with Crippen molar-refractivity contribution in [2.24, 2.45) is 0 Å². The summed E-state index contributed by atoms with van der Waals surface area (Å²) in [5, 5.41) is 6.30. The van der Waals surface area contributed by atoms with Gasteiger partial charge in [0.15, 0.2) is 5.13 Å². The molecule has 0 spiro atoms. The molecular formula is C23H19N3O3S2. The molecule has 0 aliphatic carbocycles. The average molecular weight is 450 g/mol. The molecule has 1 aromatic heterocycles. The first-order valence-corrected chi connectivity index (χ1v) is 11.2. The summed E-state index contributed by atoms with van der Waals surface area (Å²) in [6.45, 7) is 0. The average Bonchev–Trinajstić information content (AvgIpc) is 3.21. The third-order valence-electron chi connectivity index (χ3n) is 4.35. The molecule has 3 aromatic carbocycles. The molecule has 0 atom stereocenters. The van der Waals surface area contributed by atoms with E-state index in [-0.39, 0.29) is 17.6 Å². The Kier molecular flexibility index (Phi) is 6.49. The first-order chi connectivity index (χ1) is 15.1. The molecule has 0 aliphatic rings. The van der Waals surface area contributed by atoms with Crippen LogP contribution in [0.4, 0.5) is 10.8 Å². The number of thioether (sulfide) groups is 1. The van der Waals surface area contributed by atoms with E-state index in [1.165, 1.54) is 23.1 Å². The number of ether oxygens (including phenoxy) is 1. The molecule has 0 unspecified atom stereocenters. The van der Waals surface area contributed by atoms with Crippen LogP contribution in [0.3, 0.4) is 0 Å². The number of amides is 2. The van der Waals surface area contributed by atoms with Crippen molar-refractivity contribution in [1.82, 2.24) is 4.98 Å². The van der Waals surface area contributed by atoms with E-state index in [1.54, 1.807) is 31.4 Å². The van der Waals surface area contributed by atoms with Crippen molar-refractivity contribution in [2.45, 2.75) is 4.90 Å². The second-order valence-electron chi connectivity index (χ2n) is 6.53. The van der Waals surface area contributed by atoms with Gasteiger partial charge in [-0.25, -0.2) is 4.98 Å². The minimum Gasteiger partial charge on any atom is -0.497 e. The topological polar surface area (TPSA) is 80.3 Å². The fourth-order valence-corrected chi connectivity index (χ4v) is 4.41. The van der Waals surface area contributed by atoms with Crippen molar-refractivity contribution >= 4 is 55.9 Å². The highest BCUT2D eigenvalue weighted by atomic mass is 32.2. The van der Waals surface area contributed by atoms with E-state index in [9.17, 15) is 9.59 Å². The van der Waals surface area contributed by atoms with Crippen LogP contribution in [0.5, 0.6) is 5.75 Å². The van der Waals surface area contributed by atoms with Gasteiger partial charge in [0.1, 0.15) is 5.75 Å². The van der Waals surface area contributed by atoms with Crippen LogP contribution in [0, 0.1) is 0 Å². The van der Waals surface area contributed by atoms with Crippen LogP contribution < -0.4 is 15.4 Å². The largest absolute Gasteiger partial charge is 0.497 e. The van der Waals surface area contributed by atoms with Crippen molar-refractivity contribution in [3.63, 3.8) is 0 Å². The molecule has 4 aromatic rings. The van der Waals surface area contributed by atoms with Crippen molar-refractivity contribution in [1.29, 1.82) is 0 Å². The molecular weight excluding hydrogens is 430 g/mol. The summed E-state index contributed by atoms with van der Waals surface area (Å²) in [6, 6.07) is 22.1. The summed E-state index contributed by atoms with van der Waals surface area (Å²) in [5.41, 5.74) is 2.07. The third kappa shape index (κ3) is 5.42. The van der Waals surface area contributed by atoms with Gasteiger partial charge in [-0.3, -0.25) is 9.59 Å². The second kappa shape index (κ2) is 9.63. The lowest BCUT2D eigenvalue weighted by Crippen LogP contribution is -2.13. The number of nitrogens with one attached hydrogen (secondary N) is 2. The molecule has 8 heteroatoms. The third-order valence-corrected chi connectivity index (χ3v) is 6.32. The Balaban J connectivity index is 1.29. The Labute approximate surface area is 187 Å². The Bertz CT molecular complexity index is 1190. The van der Waals surface area contributed by atoms with Gasteiger partial charge in [0.05, 0.1) is 23.1 Å². The Morgan fingerprint density at radius 3 is 2.58 bits per heavy atom. The fourth-order valence-electron chi connectivity index (χ4n) is 2.83. The number of anilines is 2. The van der Waals surface area contributed by atoms with E-state index in [4.69, 9.17) is 4.74 Å². The number of carbonyl (C=O) groups excluding carboxylic acids is 2. The number of para-hydroxylation sites is 1. The molecule has 0 bridgehead atoms. The molecule has 0 fully saturated rings. The molecule has 6 nitrogen and oxygen atoms in total. The van der Waals surface area contributed by atoms with Gasteiger partial charge in [0.2, 0.25) is 5.91 Å². The smallest absolute Gasteiger partial charge is 0.255 e. The maximum Gasteiger partial charge on any atom is 0.255 e. The van der Waals surface area contributed by atoms with Gasteiger partial charge in [-0.15, -0.1) is 11.8 Å². The minimum atomic E-state index is -0.213. The van der Waals surface area contributed by atoms with Gasteiger partial charge >= 0.3 is 0 Å². The standard InChI is InChI=1S/C23H19N3O3S2/c1-29-17-6-4-5-15(13-17)22(28)24-16-9-11-18(12-10-16)30-14-21(27)26-23-25-19-7-2-3-8-20(19)31-23/h2-13H,14H2,1H3,(H,24,28)(H,25,26,27). The number of hydrogen-bond donors (Lipinski definition) is 2. The van der Waals surface area contributed by atoms with Crippen molar-refractivity contribution in [2.75, 3.05) is 23.5 Å². The van der Waals surface area contributed by atoms with Gasteiger partial charge in [0, 0.05) is 16.1 Å². The van der Waals surface area contributed by atoms with Gasteiger partial charge in [0.25, 0.3) is 5.91 Å². The van der Waals surface area contributed by atoms with Gasteiger partial charge in [-0.1, -0.05) is 29.5 Å². The lowest BCUT2D eigenvalue weighted by molar-refractivity contribution is -0.113. The molecule has 4 rings (SSSR count). The molecule has 2 N–H and O–H groups in total. The van der Waals surface area contributed by atoms with Crippen LogP contribution in [0.25, 0.3) is 10.2 Å². The normalized spacial score (nSPS) is 10.6. The molecule has 1 heterocycles. The number of carbonyl (C=O) groups is 2. The number of fused-ring (bicyclic) bond motifs is 1. The summed E-state index contributed by atoms with van der Waals surface area (Å²) in [5.74, 6) is 0.573. The first-order valence-electron chi connectivity index (χ1n) is 9.44. The van der Waals surface area contributed by atoms with Crippen LogP contribution >= 0.6 is 23.1 Å². The highest BCUT2D eigenvalue weighted by Gasteiger charge is 2.10. The number of benzene rings is 3. The summed E-state index contributed by atoms with van der Waals surface area (Å²) in [4.78, 5) is 30.0. The Morgan fingerprint density at radius 2 is 1.81 bits per heavy atom. The molecule has 0 aliphatic heterocycles. The zero-order chi connectivity index (χ0) is 21.6. The molecule has 2 amide bonds. The van der Waals surface area contributed by atoms with E-state index in [2.05, 4.69) is 15.6 Å². The number of hydrogen-bond acceptors (Lipinski definition) is 6. The van der Waals surface area contributed by atoms with E-state index in [0.717, 1.165) is 15.1 Å². The highest BCUT2D eigenvalue weighted by molar-refractivity contribution is 8.00. The number of rotatable bonds is 7. The van der Waals surface area contributed by atoms with E-state index in [1.807, 2.05) is 48.5 Å². The van der Waals surface area contributed by atoms with Crippen LogP contribution in [0.2, 0.25) is 0 Å². The fraction of sp³-hybridized carbons (Fsp3) is 0.0870.